The molecular formula is C14H20N2O3S. The third-order valence-electron chi connectivity index (χ3n) is 3.57. The standard InChI is InChI=1S/C14H20N2O3S/c1-3-9(15)12(17)16-13-11(14(18)19-2)8-6-4-5-7-10(8)20-13/h9H,3-7,15H2,1-2H3,(H,16,17). The van der Waals surface area contributed by atoms with Crippen molar-refractivity contribution in [1.82, 2.24) is 0 Å². The molecule has 0 saturated carbocycles. The number of hydrogen-bond acceptors (Lipinski definition) is 5. The lowest BCUT2D eigenvalue weighted by atomic mass is 9.95. The smallest absolute Gasteiger partial charge is 0.341 e. The van der Waals surface area contributed by atoms with Crippen LogP contribution in [0.5, 0.6) is 0 Å². The van der Waals surface area contributed by atoms with Crippen molar-refractivity contribution >= 4 is 28.2 Å². The van der Waals surface area contributed by atoms with Crippen molar-refractivity contribution in [2.45, 2.75) is 45.1 Å². The van der Waals surface area contributed by atoms with Gasteiger partial charge in [0.2, 0.25) is 5.91 Å². The van der Waals surface area contributed by atoms with Gasteiger partial charge in [-0.25, -0.2) is 4.79 Å². The fourth-order valence-electron chi connectivity index (χ4n) is 2.36. The minimum atomic E-state index is -0.556. The molecule has 110 valence electrons. The van der Waals surface area contributed by atoms with Gasteiger partial charge in [0, 0.05) is 4.88 Å². The predicted molar refractivity (Wildman–Crippen MR) is 79.2 cm³/mol. The van der Waals surface area contributed by atoms with E-state index >= 15 is 0 Å². The Kier molecular flexibility index (Phi) is 4.77. The SMILES string of the molecule is CCC(N)C(=O)Nc1sc2c(c1C(=O)OC)CCCC2. The first-order chi connectivity index (χ1) is 9.58. The summed E-state index contributed by atoms with van der Waals surface area (Å²) < 4.78 is 4.85. The fraction of sp³-hybridized carbons (Fsp3) is 0.571. The van der Waals surface area contributed by atoms with Crippen molar-refractivity contribution in [2.75, 3.05) is 12.4 Å². The fourth-order valence-corrected chi connectivity index (χ4v) is 3.64. The van der Waals surface area contributed by atoms with E-state index in [1.165, 1.54) is 23.3 Å². The maximum Gasteiger partial charge on any atom is 0.341 e. The highest BCUT2D eigenvalue weighted by Gasteiger charge is 2.27. The van der Waals surface area contributed by atoms with Crippen molar-refractivity contribution in [3.63, 3.8) is 0 Å². The number of nitrogens with one attached hydrogen (secondary N) is 1. The second-order valence-electron chi connectivity index (χ2n) is 4.91. The molecule has 1 aromatic rings. The Labute approximate surface area is 122 Å². The number of ether oxygens (including phenoxy) is 1. The molecule has 1 atom stereocenters. The highest BCUT2D eigenvalue weighted by molar-refractivity contribution is 7.17. The highest BCUT2D eigenvalue weighted by Crippen LogP contribution is 2.38. The molecule has 0 spiro atoms. The summed E-state index contributed by atoms with van der Waals surface area (Å²) in [5, 5.41) is 3.37. The molecule has 0 radical (unpaired) electrons. The molecular weight excluding hydrogens is 276 g/mol. The van der Waals surface area contributed by atoms with Gasteiger partial charge in [-0.3, -0.25) is 4.79 Å². The maximum atomic E-state index is 12.0. The molecule has 1 unspecified atom stereocenters. The number of hydrogen-bond donors (Lipinski definition) is 2. The van der Waals surface area contributed by atoms with Crippen molar-refractivity contribution in [2.24, 2.45) is 5.73 Å². The first kappa shape index (κ1) is 15.0. The van der Waals surface area contributed by atoms with Crippen LogP contribution in [0, 0.1) is 0 Å². The number of aryl methyl sites for hydroxylation is 1. The number of fused-ring (bicyclic) bond motifs is 1. The molecule has 1 aliphatic carbocycles. The zero-order valence-corrected chi connectivity index (χ0v) is 12.6. The van der Waals surface area contributed by atoms with Crippen molar-refractivity contribution in [3.05, 3.63) is 16.0 Å². The molecule has 5 nitrogen and oxygen atoms in total. The third kappa shape index (κ3) is 2.86. The van der Waals surface area contributed by atoms with Crippen LogP contribution in [0.25, 0.3) is 0 Å². The first-order valence-corrected chi connectivity index (χ1v) is 7.69. The number of rotatable bonds is 4. The largest absolute Gasteiger partial charge is 0.465 e. The van der Waals surface area contributed by atoms with E-state index in [1.807, 2.05) is 6.92 Å². The molecule has 1 amide bonds. The lowest BCUT2D eigenvalue weighted by molar-refractivity contribution is -0.117. The minimum absolute atomic E-state index is 0.253. The van der Waals surface area contributed by atoms with Gasteiger partial charge in [0.15, 0.2) is 0 Å². The van der Waals surface area contributed by atoms with Crippen LogP contribution in [0.2, 0.25) is 0 Å². The Hall–Kier alpha value is -1.40. The monoisotopic (exact) mass is 296 g/mol. The zero-order chi connectivity index (χ0) is 14.7. The Morgan fingerprint density at radius 1 is 1.40 bits per heavy atom. The summed E-state index contributed by atoms with van der Waals surface area (Å²) in [6.45, 7) is 1.85. The molecule has 1 aromatic heterocycles. The van der Waals surface area contributed by atoms with Gasteiger partial charge in [-0.05, 0) is 37.7 Å². The summed E-state index contributed by atoms with van der Waals surface area (Å²) in [6, 6.07) is -0.556. The molecule has 1 heterocycles. The van der Waals surface area contributed by atoms with Gasteiger partial charge < -0.3 is 15.8 Å². The number of amides is 1. The van der Waals surface area contributed by atoms with E-state index in [0.29, 0.717) is 17.0 Å². The Bertz CT molecular complexity index is 525. The van der Waals surface area contributed by atoms with Gasteiger partial charge in [-0.2, -0.15) is 0 Å². The van der Waals surface area contributed by atoms with Crippen molar-refractivity contribution in [3.8, 4) is 0 Å². The van der Waals surface area contributed by atoms with E-state index in [0.717, 1.165) is 31.2 Å². The van der Waals surface area contributed by atoms with E-state index < -0.39 is 6.04 Å². The van der Waals surface area contributed by atoms with Crippen LogP contribution >= 0.6 is 11.3 Å². The second kappa shape index (κ2) is 6.37. The van der Waals surface area contributed by atoms with Crippen LogP contribution in [0.15, 0.2) is 0 Å². The molecule has 1 aliphatic rings. The van der Waals surface area contributed by atoms with Gasteiger partial charge in [0.1, 0.15) is 5.00 Å². The molecule has 20 heavy (non-hydrogen) atoms. The number of anilines is 1. The molecule has 0 fully saturated rings. The number of thiophene rings is 1. The van der Waals surface area contributed by atoms with Crippen LogP contribution in [-0.4, -0.2) is 25.0 Å². The molecule has 0 bridgehead atoms. The van der Waals surface area contributed by atoms with E-state index in [1.54, 1.807) is 0 Å². The maximum absolute atomic E-state index is 12.0. The lowest BCUT2D eigenvalue weighted by Gasteiger charge is -2.12. The third-order valence-corrected chi connectivity index (χ3v) is 4.78. The van der Waals surface area contributed by atoms with Crippen LogP contribution in [0.4, 0.5) is 5.00 Å². The van der Waals surface area contributed by atoms with Gasteiger partial charge >= 0.3 is 5.97 Å². The van der Waals surface area contributed by atoms with Crippen LogP contribution in [0.3, 0.4) is 0 Å². The number of methoxy groups -OCH3 is 1. The van der Waals surface area contributed by atoms with Crippen LogP contribution in [-0.2, 0) is 22.4 Å². The lowest BCUT2D eigenvalue weighted by Crippen LogP contribution is -2.35. The minimum Gasteiger partial charge on any atom is -0.465 e. The number of carbonyl (C=O) groups excluding carboxylic acids is 2. The summed E-state index contributed by atoms with van der Waals surface area (Å²) in [4.78, 5) is 25.1. The van der Waals surface area contributed by atoms with Crippen LogP contribution < -0.4 is 11.1 Å². The van der Waals surface area contributed by atoms with Gasteiger partial charge in [0.25, 0.3) is 0 Å². The quantitative estimate of drug-likeness (QED) is 0.834. The Balaban J connectivity index is 2.34. The zero-order valence-electron chi connectivity index (χ0n) is 11.8. The number of nitrogens with two attached hydrogens (primary N) is 1. The summed E-state index contributed by atoms with van der Waals surface area (Å²) >= 11 is 1.47. The summed E-state index contributed by atoms with van der Waals surface area (Å²) in [7, 11) is 1.36. The average Bonchev–Trinajstić information content (AvgIpc) is 2.83. The first-order valence-electron chi connectivity index (χ1n) is 6.87. The molecule has 0 aromatic carbocycles. The van der Waals surface area contributed by atoms with Crippen LogP contribution in [0.1, 0.15) is 47.0 Å². The molecule has 6 heteroatoms. The predicted octanol–water partition coefficient (Wildman–Crippen LogP) is 2.09. The second-order valence-corrected chi connectivity index (χ2v) is 6.02. The summed E-state index contributed by atoms with van der Waals surface area (Å²) in [5.41, 5.74) is 7.27. The topological polar surface area (TPSA) is 81.4 Å². The van der Waals surface area contributed by atoms with E-state index in [2.05, 4.69) is 5.32 Å². The molecule has 2 rings (SSSR count). The molecule has 3 N–H and O–H groups in total. The van der Waals surface area contributed by atoms with Gasteiger partial charge in [0.05, 0.1) is 18.7 Å². The normalized spacial score (nSPS) is 15.3. The van der Waals surface area contributed by atoms with Crippen molar-refractivity contribution in [1.29, 1.82) is 0 Å². The van der Waals surface area contributed by atoms with E-state index in [-0.39, 0.29) is 11.9 Å². The summed E-state index contributed by atoms with van der Waals surface area (Å²) in [6.07, 6.45) is 4.57. The Morgan fingerprint density at radius 3 is 2.75 bits per heavy atom. The summed E-state index contributed by atoms with van der Waals surface area (Å²) in [5.74, 6) is -0.638. The number of esters is 1. The Morgan fingerprint density at radius 2 is 2.10 bits per heavy atom. The van der Waals surface area contributed by atoms with E-state index in [4.69, 9.17) is 10.5 Å². The van der Waals surface area contributed by atoms with Crippen molar-refractivity contribution < 1.29 is 14.3 Å². The highest BCUT2D eigenvalue weighted by atomic mass is 32.1. The average molecular weight is 296 g/mol. The van der Waals surface area contributed by atoms with Gasteiger partial charge in [-0.15, -0.1) is 11.3 Å². The number of carbonyl (C=O) groups is 2. The van der Waals surface area contributed by atoms with Gasteiger partial charge in [-0.1, -0.05) is 6.92 Å². The molecule has 0 saturated heterocycles. The van der Waals surface area contributed by atoms with E-state index in [9.17, 15) is 9.59 Å². The molecule has 0 aliphatic heterocycles.